The van der Waals surface area contributed by atoms with Crippen molar-refractivity contribution >= 4 is 5.71 Å². The van der Waals surface area contributed by atoms with Crippen molar-refractivity contribution in [1.82, 2.24) is 0 Å². The Kier molecular flexibility index (Phi) is 2.52. The summed E-state index contributed by atoms with van der Waals surface area (Å²) < 4.78 is 0. The highest BCUT2D eigenvalue weighted by molar-refractivity contribution is 6.14. The third-order valence-electron chi connectivity index (χ3n) is 3.25. The molecule has 1 heteroatoms. The smallest absolute Gasteiger partial charge is 0.0721 e. The monoisotopic (exact) mass is 221 g/mol. The number of nitrogens with zero attached hydrogens (tertiary/aromatic N) is 1. The Hall–Kier alpha value is -1.89. The van der Waals surface area contributed by atoms with E-state index in [1.54, 1.807) is 0 Å². The number of benzene rings is 2. The molecule has 84 valence electrons. The van der Waals surface area contributed by atoms with E-state index in [9.17, 15) is 0 Å². The van der Waals surface area contributed by atoms with Crippen LogP contribution in [0.4, 0.5) is 0 Å². The van der Waals surface area contributed by atoms with Crippen molar-refractivity contribution in [2.75, 3.05) is 6.54 Å². The maximum atomic E-state index is 4.69. The van der Waals surface area contributed by atoms with Gasteiger partial charge in [0, 0.05) is 17.7 Å². The van der Waals surface area contributed by atoms with Crippen molar-refractivity contribution < 1.29 is 0 Å². The van der Waals surface area contributed by atoms with Gasteiger partial charge in [-0.15, -0.1) is 0 Å². The average molecular weight is 221 g/mol. The van der Waals surface area contributed by atoms with E-state index in [1.165, 1.54) is 22.3 Å². The molecule has 0 atom stereocenters. The third-order valence-corrected chi connectivity index (χ3v) is 3.25. The number of rotatable bonds is 1. The van der Waals surface area contributed by atoms with Gasteiger partial charge in [-0.2, -0.15) is 0 Å². The lowest BCUT2D eigenvalue weighted by Gasteiger charge is -2.17. The maximum absolute atomic E-state index is 4.69. The van der Waals surface area contributed by atoms with Crippen LogP contribution in [-0.2, 0) is 6.42 Å². The molecule has 0 saturated carbocycles. The highest BCUT2D eigenvalue weighted by atomic mass is 14.7. The van der Waals surface area contributed by atoms with Gasteiger partial charge in [-0.1, -0.05) is 54.1 Å². The summed E-state index contributed by atoms with van der Waals surface area (Å²) in [4.78, 5) is 4.69. The van der Waals surface area contributed by atoms with E-state index in [0.29, 0.717) is 0 Å². The molecular weight excluding hydrogens is 206 g/mol. The van der Waals surface area contributed by atoms with E-state index >= 15 is 0 Å². The van der Waals surface area contributed by atoms with Gasteiger partial charge >= 0.3 is 0 Å². The van der Waals surface area contributed by atoms with Gasteiger partial charge in [0.2, 0.25) is 0 Å². The normalized spacial score (nSPS) is 14.1. The summed E-state index contributed by atoms with van der Waals surface area (Å²) in [5, 5.41) is 0. The van der Waals surface area contributed by atoms with Gasteiger partial charge in [-0.05, 0) is 18.9 Å². The van der Waals surface area contributed by atoms with Crippen LogP contribution in [0.15, 0.2) is 53.5 Å². The lowest BCUT2D eigenvalue weighted by Crippen LogP contribution is -2.13. The van der Waals surface area contributed by atoms with Gasteiger partial charge in [0.05, 0.1) is 5.71 Å². The number of hydrogen-bond donors (Lipinski definition) is 0. The lowest BCUT2D eigenvalue weighted by atomic mass is 9.93. The van der Waals surface area contributed by atoms with Gasteiger partial charge < -0.3 is 0 Å². The fourth-order valence-corrected chi connectivity index (χ4v) is 2.30. The molecule has 0 fully saturated rings. The molecule has 0 spiro atoms. The van der Waals surface area contributed by atoms with E-state index in [1.807, 2.05) is 0 Å². The van der Waals surface area contributed by atoms with E-state index in [2.05, 4.69) is 60.4 Å². The van der Waals surface area contributed by atoms with Gasteiger partial charge in [-0.3, -0.25) is 4.99 Å². The second-order valence-corrected chi connectivity index (χ2v) is 4.50. The zero-order valence-electron chi connectivity index (χ0n) is 9.98. The Morgan fingerprint density at radius 3 is 2.53 bits per heavy atom. The van der Waals surface area contributed by atoms with Crippen LogP contribution < -0.4 is 0 Å². The zero-order chi connectivity index (χ0) is 11.7. The first kappa shape index (κ1) is 10.3. The SMILES string of the molecule is Cc1ccc(C2=NCCc3ccccc32)cc1. The molecule has 17 heavy (non-hydrogen) atoms. The second-order valence-electron chi connectivity index (χ2n) is 4.50. The van der Waals surface area contributed by atoms with Crippen LogP contribution in [0.2, 0.25) is 0 Å². The van der Waals surface area contributed by atoms with Gasteiger partial charge in [-0.25, -0.2) is 0 Å². The van der Waals surface area contributed by atoms with E-state index in [-0.39, 0.29) is 0 Å². The third kappa shape index (κ3) is 1.89. The minimum absolute atomic E-state index is 0.903. The molecule has 0 N–H and O–H groups in total. The quantitative estimate of drug-likeness (QED) is 0.700. The van der Waals surface area contributed by atoms with Crippen LogP contribution in [0.25, 0.3) is 0 Å². The minimum atomic E-state index is 0.903. The Balaban J connectivity index is 2.09. The van der Waals surface area contributed by atoms with Crippen molar-refractivity contribution in [3.63, 3.8) is 0 Å². The van der Waals surface area contributed by atoms with Crippen molar-refractivity contribution in [3.05, 3.63) is 70.8 Å². The topological polar surface area (TPSA) is 12.4 Å². The van der Waals surface area contributed by atoms with Crippen molar-refractivity contribution in [2.45, 2.75) is 13.3 Å². The number of fused-ring (bicyclic) bond motifs is 1. The predicted octanol–water partition coefficient (Wildman–Crippen LogP) is 3.39. The molecule has 2 aromatic rings. The van der Waals surface area contributed by atoms with Crippen LogP contribution >= 0.6 is 0 Å². The molecule has 3 rings (SSSR count). The Labute approximate surface area is 102 Å². The van der Waals surface area contributed by atoms with Crippen LogP contribution in [-0.4, -0.2) is 12.3 Å². The second kappa shape index (κ2) is 4.17. The van der Waals surface area contributed by atoms with Crippen LogP contribution in [0, 0.1) is 6.92 Å². The number of aryl methyl sites for hydroxylation is 1. The molecule has 0 bridgehead atoms. The number of hydrogen-bond acceptors (Lipinski definition) is 1. The fourth-order valence-electron chi connectivity index (χ4n) is 2.30. The van der Waals surface area contributed by atoms with Crippen molar-refractivity contribution in [3.8, 4) is 0 Å². The average Bonchev–Trinajstić information content (AvgIpc) is 2.39. The summed E-state index contributed by atoms with van der Waals surface area (Å²) in [6.07, 6.45) is 1.06. The highest BCUT2D eigenvalue weighted by Gasteiger charge is 2.14. The lowest BCUT2D eigenvalue weighted by molar-refractivity contribution is 0.944. The molecule has 1 aliphatic heterocycles. The van der Waals surface area contributed by atoms with Crippen molar-refractivity contribution in [2.24, 2.45) is 4.99 Å². The molecule has 1 aliphatic rings. The van der Waals surface area contributed by atoms with Gasteiger partial charge in [0.1, 0.15) is 0 Å². The van der Waals surface area contributed by atoms with E-state index in [4.69, 9.17) is 0 Å². The predicted molar refractivity (Wildman–Crippen MR) is 71.8 cm³/mol. The molecule has 2 aromatic carbocycles. The summed E-state index contributed by atoms with van der Waals surface area (Å²) in [6, 6.07) is 17.2. The Bertz CT molecular complexity index is 564. The largest absolute Gasteiger partial charge is 0.284 e. The molecule has 0 saturated heterocycles. The summed E-state index contributed by atoms with van der Waals surface area (Å²) in [5.41, 5.74) is 6.37. The minimum Gasteiger partial charge on any atom is -0.284 e. The molecule has 0 aliphatic carbocycles. The summed E-state index contributed by atoms with van der Waals surface area (Å²) in [6.45, 7) is 3.01. The van der Waals surface area contributed by atoms with Crippen LogP contribution in [0.3, 0.4) is 0 Å². The Morgan fingerprint density at radius 2 is 1.71 bits per heavy atom. The fraction of sp³-hybridized carbons (Fsp3) is 0.188. The summed E-state index contributed by atoms with van der Waals surface area (Å²) in [5.74, 6) is 0. The highest BCUT2D eigenvalue weighted by Crippen LogP contribution is 2.20. The molecule has 0 radical (unpaired) electrons. The summed E-state index contributed by atoms with van der Waals surface area (Å²) in [7, 11) is 0. The van der Waals surface area contributed by atoms with Crippen LogP contribution in [0.1, 0.15) is 22.3 Å². The first-order chi connectivity index (χ1) is 8.34. The Morgan fingerprint density at radius 1 is 0.941 bits per heavy atom. The zero-order valence-corrected chi connectivity index (χ0v) is 9.98. The first-order valence-corrected chi connectivity index (χ1v) is 6.04. The maximum Gasteiger partial charge on any atom is 0.0721 e. The molecular formula is C16H15N. The molecule has 0 amide bonds. The molecule has 1 nitrogen and oxygen atoms in total. The molecule has 0 aromatic heterocycles. The van der Waals surface area contributed by atoms with E-state index in [0.717, 1.165) is 18.7 Å². The van der Waals surface area contributed by atoms with Crippen LogP contribution in [0.5, 0.6) is 0 Å². The molecule has 1 heterocycles. The van der Waals surface area contributed by atoms with Crippen molar-refractivity contribution in [1.29, 1.82) is 0 Å². The standard InChI is InChI=1S/C16H15N/c1-12-6-8-14(9-7-12)16-15-5-3-2-4-13(15)10-11-17-16/h2-9H,10-11H2,1H3. The van der Waals surface area contributed by atoms with E-state index < -0.39 is 0 Å². The molecule has 0 unspecified atom stereocenters. The van der Waals surface area contributed by atoms with Gasteiger partial charge in [0.25, 0.3) is 0 Å². The number of aliphatic imine (C=N–C) groups is 1. The first-order valence-electron chi connectivity index (χ1n) is 6.04. The van der Waals surface area contributed by atoms with Gasteiger partial charge in [0.15, 0.2) is 0 Å². The summed E-state index contributed by atoms with van der Waals surface area (Å²) >= 11 is 0.